The summed E-state index contributed by atoms with van der Waals surface area (Å²) < 4.78 is 2.26. The molecule has 0 atom stereocenters. The van der Waals surface area contributed by atoms with Crippen LogP contribution < -0.4 is 0 Å². The zero-order valence-electron chi connectivity index (χ0n) is 17.0. The maximum absolute atomic E-state index is 4.45. The molecule has 1 aromatic heterocycles. The zero-order valence-corrected chi connectivity index (χ0v) is 17.0. The molecule has 0 bridgehead atoms. The Morgan fingerprint density at radius 2 is 1.32 bits per heavy atom. The van der Waals surface area contributed by atoms with Crippen LogP contribution in [0.4, 0.5) is 0 Å². The van der Waals surface area contributed by atoms with Crippen molar-refractivity contribution in [1.82, 2.24) is 9.55 Å². The Bertz CT molecular complexity index is 419. The van der Waals surface area contributed by atoms with Crippen LogP contribution in [0, 0.1) is 0 Å². The van der Waals surface area contributed by atoms with Crippen molar-refractivity contribution >= 4 is 0 Å². The van der Waals surface area contributed by atoms with Crippen LogP contribution in [0.2, 0.25) is 0 Å². The SMILES string of the molecule is CCCCCCCCC=CCCCCCCCCc1nccn1CC. The molecule has 0 spiro atoms. The van der Waals surface area contributed by atoms with Gasteiger partial charge in [0.2, 0.25) is 0 Å². The molecule has 25 heavy (non-hydrogen) atoms. The lowest BCUT2D eigenvalue weighted by Crippen LogP contribution is -2.00. The number of rotatable bonds is 17. The maximum Gasteiger partial charge on any atom is 0.108 e. The second-order valence-corrected chi connectivity index (χ2v) is 7.32. The number of hydrogen-bond acceptors (Lipinski definition) is 1. The van der Waals surface area contributed by atoms with Gasteiger partial charge < -0.3 is 4.57 Å². The van der Waals surface area contributed by atoms with Gasteiger partial charge in [0.05, 0.1) is 0 Å². The molecule has 2 nitrogen and oxygen atoms in total. The standard InChI is InChI=1S/C23H42N2/c1-3-5-6-7-8-9-10-11-12-13-14-15-16-17-18-19-20-23-24-21-22-25(23)4-2/h11-12,21-22H,3-10,13-20H2,1-2H3. The third-order valence-corrected chi connectivity index (χ3v) is 5.05. The smallest absolute Gasteiger partial charge is 0.108 e. The van der Waals surface area contributed by atoms with E-state index in [-0.39, 0.29) is 0 Å². The predicted octanol–water partition coefficient (Wildman–Crippen LogP) is 7.48. The van der Waals surface area contributed by atoms with Crippen molar-refractivity contribution in [3.05, 3.63) is 30.4 Å². The number of hydrogen-bond donors (Lipinski definition) is 0. The summed E-state index contributed by atoms with van der Waals surface area (Å²) in [6.45, 7) is 5.51. The van der Waals surface area contributed by atoms with E-state index < -0.39 is 0 Å². The van der Waals surface area contributed by atoms with Crippen molar-refractivity contribution in [2.45, 2.75) is 117 Å². The lowest BCUT2D eigenvalue weighted by Gasteiger charge is -2.04. The molecule has 0 N–H and O–H groups in total. The highest BCUT2D eigenvalue weighted by molar-refractivity contribution is 4.92. The summed E-state index contributed by atoms with van der Waals surface area (Å²) >= 11 is 0. The molecule has 1 rings (SSSR count). The van der Waals surface area contributed by atoms with E-state index in [1.807, 2.05) is 6.20 Å². The van der Waals surface area contributed by atoms with E-state index >= 15 is 0 Å². The number of imidazole rings is 1. The Morgan fingerprint density at radius 3 is 1.92 bits per heavy atom. The fraction of sp³-hybridized carbons (Fsp3) is 0.783. The van der Waals surface area contributed by atoms with Crippen molar-refractivity contribution in [1.29, 1.82) is 0 Å². The first-order valence-corrected chi connectivity index (χ1v) is 11.0. The van der Waals surface area contributed by atoms with Gasteiger partial charge in [0, 0.05) is 25.4 Å². The zero-order chi connectivity index (χ0) is 18.0. The molecular weight excluding hydrogens is 304 g/mol. The van der Waals surface area contributed by atoms with Gasteiger partial charge in [-0.05, 0) is 39.0 Å². The van der Waals surface area contributed by atoms with E-state index in [1.54, 1.807) is 0 Å². The average molecular weight is 347 g/mol. The van der Waals surface area contributed by atoms with E-state index in [9.17, 15) is 0 Å². The summed E-state index contributed by atoms with van der Waals surface area (Å²) in [5.74, 6) is 1.26. The van der Waals surface area contributed by atoms with Crippen LogP contribution >= 0.6 is 0 Å². The quantitative estimate of drug-likeness (QED) is 0.211. The Morgan fingerprint density at radius 1 is 0.760 bits per heavy atom. The van der Waals surface area contributed by atoms with Crippen molar-refractivity contribution in [3.8, 4) is 0 Å². The van der Waals surface area contributed by atoms with Gasteiger partial charge in [-0.25, -0.2) is 4.98 Å². The van der Waals surface area contributed by atoms with E-state index in [2.05, 4.69) is 41.7 Å². The van der Waals surface area contributed by atoms with Crippen LogP contribution in [0.5, 0.6) is 0 Å². The minimum Gasteiger partial charge on any atom is -0.335 e. The summed E-state index contributed by atoms with van der Waals surface area (Å²) in [6.07, 6.45) is 29.2. The van der Waals surface area contributed by atoms with Crippen molar-refractivity contribution in [2.75, 3.05) is 0 Å². The summed E-state index contributed by atoms with van der Waals surface area (Å²) in [5.41, 5.74) is 0. The van der Waals surface area contributed by atoms with Crippen molar-refractivity contribution in [2.24, 2.45) is 0 Å². The second-order valence-electron chi connectivity index (χ2n) is 7.32. The first-order chi connectivity index (χ1) is 12.4. The molecule has 2 heteroatoms. The highest BCUT2D eigenvalue weighted by atomic mass is 15.0. The van der Waals surface area contributed by atoms with Crippen LogP contribution in [0.1, 0.15) is 110 Å². The molecule has 0 aromatic carbocycles. The fourth-order valence-electron chi connectivity index (χ4n) is 3.39. The molecular formula is C23H42N2. The molecule has 0 aliphatic heterocycles. The van der Waals surface area contributed by atoms with Crippen molar-refractivity contribution < 1.29 is 0 Å². The van der Waals surface area contributed by atoms with Crippen LogP contribution in [0.15, 0.2) is 24.5 Å². The third-order valence-electron chi connectivity index (χ3n) is 5.05. The molecule has 0 radical (unpaired) electrons. The molecule has 0 unspecified atom stereocenters. The van der Waals surface area contributed by atoms with E-state index in [0.29, 0.717) is 0 Å². The molecule has 0 saturated carbocycles. The molecule has 1 aromatic rings. The molecule has 0 fully saturated rings. The largest absolute Gasteiger partial charge is 0.335 e. The first-order valence-electron chi connectivity index (χ1n) is 11.0. The van der Waals surface area contributed by atoms with Crippen LogP contribution in [-0.4, -0.2) is 9.55 Å². The van der Waals surface area contributed by atoms with Gasteiger partial charge in [0.15, 0.2) is 0 Å². The van der Waals surface area contributed by atoms with E-state index in [0.717, 1.165) is 13.0 Å². The fourth-order valence-corrected chi connectivity index (χ4v) is 3.39. The monoisotopic (exact) mass is 346 g/mol. The Labute approximate surface area is 157 Å². The van der Waals surface area contributed by atoms with Gasteiger partial charge in [-0.2, -0.15) is 0 Å². The number of aromatic nitrogens is 2. The summed E-state index contributed by atoms with van der Waals surface area (Å²) in [7, 11) is 0. The van der Waals surface area contributed by atoms with Gasteiger partial charge >= 0.3 is 0 Å². The van der Waals surface area contributed by atoms with Gasteiger partial charge in [0.25, 0.3) is 0 Å². The molecule has 1 heterocycles. The molecule has 0 aliphatic carbocycles. The number of unbranched alkanes of at least 4 members (excludes halogenated alkanes) is 12. The Hall–Kier alpha value is -1.05. The average Bonchev–Trinajstić information content (AvgIpc) is 3.09. The molecule has 0 amide bonds. The number of aryl methyl sites for hydroxylation is 2. The highest BCUT2D eigenvalue weighted by Gasteiger charge is 2.00. The van der Waals surface area contributed by atoms with Gasteiger partial charge in [-0.3, -0.25) is 0 Å². The maximum atomic E-state index is 4.45. The van der Waals surface area contributed by atoms with E-state index in [1.165, 1.54) is 95.7 Å². The second kappa shape index (κ2) is 16.4. The van der Waals surface area contributed by atoms with Crippen LogP contribution in [-0.2, 0) is 13.0 Å². The Balaban J connectivity index is 1.80. The van der Waals surface area contributed by atoms with Gasteiger partial charge in [-0.15, -0.1) is 0 Å². The normalized spacial score (nSPS) is 11.6. The first kappa shape index (κ1) is 22.0. The van der Waals surface area contributed by atoms with E-state index in [4.69, 9.17) is 0 Å². The lowest BCUT2D eigenvalue weighted by atomic mass is 10.1. The van der Waals surface area contributed by atoms with Gasteiger partial charge in [-0.1, -0.05) is 76.9 Å². The molecule has 0 saturated heterocycles. The van der Waals surface area contributed by atoms with Crippen LogP contribution in [0.25, 0.3) is 0 Å². The predicted molar refractivity (Wildman–Crippen MR) is 111 cm³/mol. The number of allylic oxidation sites excluding steroid dienone is 2. The molecule has 144 valence electrons. The minimum absolute atomic E-state index is 1.04. The highest BCUT2D eigenvalue weighted by Crippen LogP contribution is 2.11. The summed E-state index contributed by atoms with van der Waals surface area (Å²) in [5, 5.41) is 0. The van der Waals surface area contributed by atoms with Gasteiger partial charge in [0.1, 0.15) is 5.82 Å². The van der Waals surface area contributed by atoms with Crippen LogP contribution in [0.3, 0.4) is 0 Å². The summed E-state index contributed by atoms with van der Waals surface area (Å²) in [6, 6.07) is 0. The third kappa shape index (κ3) is 12.0. The van der Waals surface area contributed by atoms with Crippen molar-refractivity contribution in [3.63, 3.8) is 0 Å². The summed E-state index contributed by atoms with van der Waals surface area (Å²) in [4.78, 5) is 4.45. The lowest BCUT2D eigenvalue weighted by molar-refractivity contribution is 0.580. The topological polar surface area (TPSA) is 17.8 Å². The molecule has 0 aliphatic rings. The number of nitrogens with zero attached hydrogens (tertiary/aromatic N) is 2. The minimum atomic E-state index is 1.04. The Kier molecular flexibility index (Phi) is 14.4.